The van der Waals surface area contributed by atoms with Crippen LogP contribution in [0.4, 0.5) is 13.2 Å². The van der Waals surface area contributed by atoms with Crippen LogP contribution in [0, 0.1) is 11.6 Å². The van der Waals surface area contributed by atoms with E-state index in [0.29, 0.717) is 13.0 Å². The first kappa shape index (κ1) is 21.2. The number of alkyl halides is 1. The number of amides is 1. The van der Waals surface area contributed by atoms with Gasteiger partial charge in [-0.3, -0.25) is 9.48 Å². The number of hydrogen-bond acceptors (Lipinski definition) is 3. The maximum atomic E-state index is 14.5. The van der Waals surface area contributed by atoms with Crippen molar-refractivity contribution in [2.75, 3.05) is 13.1 Å². The average Bonchev–Trinajstić information content (AvgIpc) is 3.25. The van der Waals surface area contributed by atoms with Gasteiger partial charge in [-0.1, -0.05) is 0 Å². The van der Waals surface area contributed by atoms with Gasteiger partial charge < -0.3 is 15.2 Å². The van der Waals surface area contributed by atoms with Gasteiger partial charge in [-0.15, -0.1) is 12.4 Å². The maximum Gasteiger partial charge on any atom is 0.253 e. The van der Waals surface area contributed by atoms with Crippen LogP contribution in [-0.4, -0.2) is 45.6 Å². The van der Waals surface area contributed by atoms with Crippen molar-refractivity contribution in [3.63, 3.8) is 0 Å². The van der Waals surface area contributed by atoms with Crippen molar-refractivity contribution in [2.45, 2.75) is 25.2 Å². The number of rotatable bonds is 4. The molecule has 1 saturated heterocycles. The van der Waals surface area contributed by atoms with Gasteiger partial charge in [0.05, 0.1) is 35.2 Å². The number of piperidine rings is 1. The Labute approximate surface area is 171 Å². The zero-order valence-electron chi connectivity index (χ0n) is 15.7. The number of benzene rings is 1. The first-order chi connectivity index (χ1) is 13.4. The van der Waals surface area contributed by atoms with E-state index in [2.05, 4.69) is 15.7 Å². The third-order valence-electron chi connectivity index (χ3n) is 5.00. The van der Waals surface area contributed by atoms with Crippen LogP contribution in [0.3, 0.4) is 0 Å². The Hall–Kier alpha value is -2.52. The number of aryl methyl sites for hydroxylation is 1. The minimum absolute atomic E-state index is 0. The second kappa shape index (κ2) is 8.46. The molecule has 1 amide bonds. The molecule has 2 aromatic heterocycles. The van der Waals surface area contributed by atoms with Crippen LogP contribution in [-0.2, 0) is 13.6 Å². The maximum absolute atomic E-state index is 14.5. The van der Waals surface area contributed by atoms with Gasteiger partial charge in [0.1, 0.15) is 17.8 Å². The normalized spacial score (nSPS) is 19.2. The number of carbonyl (C=O) groups is 1. The molecule has 3 heterocycles. The largest absolute Gasteiger partial charge is 0.346 e. The van der Waals surface area contributed by atoms with E-state index in [-0.39, 0.29) is 42.0 Å². The number of fused-ring (bicyclic) bond motifs is 1. The van der Waals surface area contributed by atoms with E-state index in [1.165, 1.54) is 10.8 Å². The summed E-state index contributed by atoms with van der Waals surface area (Å²) in [6.45, 7) is 0.949. The first-order valence-electron chi connectivity index (χ1n) is 9.04. The number of hydrogen-bond donors (Lipinski definition) is 2. The summed E-state index contributed by atoms with van der Waals surface area (Å²) in [6, 6.07) is 1.36. The fraction of sp³-hybridized carbons (Fsp3) is 0.368. The highest BCUT2D eigenvalue weighted by Crippen LogP contribution is 2.28. The minimum atomic E-state index is -1.23. The second-order valence-corrected chi connectivity index (χ2v) is 7.03. The second-order valence-electron chi connectivity index (χ2n) is 7.03. The molecular formula is C19H21ClF3N5O. The summed E-state index contributed by atoms with van der Waals surface area (Å²) in [4.78, 5) is 12.8. The molecule has 1 fully saturated rings. The van der Waals surface area contributed by atoms with Crippen molar-refractivity contribution in [1.82, 2.24) is 25.0 Å². The summed E-state index contributed by atoms with van der Waals surface area (Å²) in [5, 5.41) is 9.50. The van der Waals surface area contributed by atoms with E-state index in [4.69, 9.17) is 0 Å². The molecule has 10 heteroatoms. The predicted molar refractivity (Wildman–Crippen MR) is 105 cm³/mol. The molecule has 6 nitrogen and oxygen atoms in total. The van der Waals surface area contributed by atoms with E-state index in [1.807, 2.05) is 0 Å². The van der Waals surface area contributed by atoms with Gasteiger partial charge in [-0.25, -0.2) is 13.2 Å². The van der Waals surface area contributed by atoms with Crippen LogP contribution in [0.2, 0.25) is 0 Å². The van der Waals surface area contributed by atoms with Crippen molar-refractivity contribution >= 4 is 29.2 Å². The summed E-state index contributed by atoms with van der Waals surface area (Å²) in [5.74, 6) is -1.95. The molecule has 29 heavy (non-hydrogen) atoms. The van der Waals surface area contributed by atoms with Gasteiger partial charge >= 0.3 is 0 Å². The van der Waals surface area contributed by atoms with Gasteiger partial charge in [0.15, 0.2) is 0 Å². The van der Waals surface area contributed by atoms with Crippen LogP contribution in [0.1, 0.15) is 22.3 Å². The lowest BCUT2D eigenvalue weighted by molar-refractivity contribution is 0.0893. The SMILES string of the molecule is Cl.Cn1cc(Cn2cc(C(=O)NC3CCNCC3F)c3c(F)ccc(F)c32)cn1. The molecule has 2 N–H and O–H groups in total. The highest BCUT2D eigenvalue weighted by molar-refractivity contribution is 6.07. The molecule has 0 bridgehead atoms. The number of aromatic nitrogens is 3. The zero-order valence-corrected chi connectivity index (χ0v) is 16.5. The highest BCUT2D eigenvalue weighted by Gasteiger charge is 2.28. The van der Waals surface area contributed by atoms with Gasteiger partial charge in [-0.2, -0.15) is 5.10 Å². The Morgan fingerprint density at radius 2 is 2.07 bits per heavy atom. The molecule has 0 aliphatic carbocycles. The summed E-state index contributed by atoms with van der Waals surface area (Å²) in [5.41, 5.74) is 0.759. The van der Waals surface area contributed by atoms with Crippen molar-refractivity contribution in [3.05, 3.63) is 53.5 Å². The Morgan fingerprint density at radius 1 is 1.31 bits per heavy atom. The number of halogens is 4. The van der Waals surface area contributed by atoms with Crippen LogP contribution in [0.15, 0.2) is 30.7 Å². The zero-order chi connectivity index (χ0) is 19.8. The number of nitrogens with zero attached hydrogens (tertiary/aromatic N) is 3. The molecule has 0 spiro atoms. The Morgan fingerprint density at radius 3 is 2.76 bits per heavy atom. The average molecular weight is 428 g/mol. The van der Waals surface area contributed by atoms with Crippen LogP contribution in [0.5, 0.6) is 0 Å². The molecule has 3 aromatic rings. The first-order valence-corrected chi connectivity index (χ1v) is 9.04. The molecule has 0 radical (unpaired) electrons. The van der Waals surface area contributed by atoms with Crippen LogP contribution < -0.4 is 10.6 Å². The van der Waals surface area contributed by atoms with E-state index in [1.54, 1.807) is 24.1 Å². The van der Waals surface area contributed by atoms with E-state index < -0.39 is 29.8 Å². The molecule has 0 saturated carbocycles. The van der Waals surface area contributed by atoms with Crippen LogP contribution >= 0.6 is 12.4 Å². The molecule has 1 aliphatic heterocycles. The van der Waals surface area contributed by atoms with E-state index in [9.17, 15) is 18.0 Å². The summed E-state index contributed by atoms with van der Waals surface area (Å²) >= 11 is 0. The molecule has 2 atom stereocenters. The number of nitrogens with one attached hydrogen (secondary N) is 2. The van der Waals surface area contributed by atoms with Crippen molar-refractivity contribution in [3.8, 4) is 0 Å². The lowest BCUT2D eigenvalue weighted by Gasteiger charge is -2.27. The highest BCUT2D eigenvalue weighted by atomic mass is 35.5. The smallest absolute Gasteiger partial charge is 0.253 e. The lowest BCUT2D eigenvalue weighted by Crippen LogP contribution is -2.50. The Bertz CT molecular complexity index is 1030. The Kier molecular flexibility index (Phi) is 6.18. The van der Waals surface area contributed by atoms with Gasteiger partial charge in [-0.05, 0) is 25.1 Å². The number of carbonyl (C=O) groups excluding carboxylic acids is 1. The van der Waals surface area contributed by atoms with Gasteiger partial charge in [0.25, 0.3) is 5.91 Å². The van der Waals surface area contributed by atoms with E-state index in [0.717, 1.165) is 17.7 Å². The summed E-state index contributed by atoms with van der Waals surface area (Å²) in [7, 11) is 1.75. The Balaban J connectivity index is 0.00000240. The standard InChI is InChI=1S/C19H20F3N5O.ClH/c1-26-8-11(6-24-26)9-27-10-12(17-13(20)2-3-14(21)18(17)27)19(28)25-16-4-5-23-7-15(16)22;/h2-3,6,8,10,15-16,23H,4-5,7,9H2,1H3,(H,25,28);1H. The van der Waals surface area contributed by atoms with Crippen LogP contribution in [0.25, 0.3) is 10.9 Å². The lowest BCUT2D eigenvalue weighted by atomic mass is 10.0. The van der Waals surface area contributed by atoms with E-state index >= 15 is 0 Å². The monoisotopic (exact) mass is 427 g/mol. The fourth-order valence-corrected chi connectivity index (χ4v) is 3.64. The van der Waals surface area contributed by atoms with Gasteiger partial charge in [0, 0.05) is 31.5 Å². The van der Waals surface area contributed by atoms with Crippen molar-refractivity contribution in [1.29, 1.82) is 0 Å². The fourth-order valence-electron chi connectivity index (χ4n) is 3.64. The summed E-state index contributed by atoms with van der Waals surface area (Å²) in [6.07, 6.45) is 3.98. The van der Waals surface area contributed by atoms with Gasteiger partial charge in [0.2, 0.25) is 0 Å². The quantitative estimate of drug-likeness (QED) is 0.672. The topological polar surface area (TPSA) is 63.9 Å². The minimum Gasteiger partial charge on any atom is -0.346 e. The molecule has 1 aliphatic rings. The predicted octanol–water partition coefficient (Wildman–Crippen LogP) is 2.55. The third-order valence-corrected chi connectivity index (χ3v) is 5.00. The third kappa shape index (κ3) is 4.11. The summed E-state index contributed by atoms with van der Waals surface area (Å²) < 4.78 is 46.2. The molecule has 156 valence electrons. The van der Waals surface area contributed by atoms with Crippen molar-refractivity contribution < 1.29 is 18.0 Å². The molecule has 1 aromatic carbocycles. The molecule has 2 unspecified atom stereocenters. The molecule has 4 rings (SSSR count). The molecular weight excluding hydrogens is 407 g/mol. The van der Waals surface area contributed by atoms with Crippen molar-refractivity contribution in [2.24, 2.45) is 7.05 Å².